The number of ether oxygens (including phenoxy) is 2. The number of carbonyl (C=O) groups excluding carboxylic acids is 1. The Morgan fingerprint density at radius 2 is 2.23 bits per heavy atom. The number of hydrogen-bond donors (Lipinski definition) is 1. The minimum absolute atomic E-state index is 0.184. The Morgan fingerprint density at radius 1 is 1.41 bits per heavy atom. The molecule has 0 bridgehead atoms. The van der Waals surface area contributed by atoms with E-state index in [1.54, 1.807) is 24.3 Å². The molecule has 1 amide bonds. The highest BCUT2D eigenvalue weighted by molar-refractivity contribution is 7.15. The lowest BCUT2D eigenvalue weighted by Gasteiger charge is -2.11. The Balaban J connectivity index is 1.54. The molecule has 1 aliphatic rings. The van der Waals surface area contributed by atoms with Crippen LogP contribution < -0.4 is 10.1 Å². The fourth-order valence-electron chi connectivity index (χ4n) is 2.18. The number of anilines is 1. The fourth-order valence-corrected chi connectivity index (χ4v) is 2.77. The molecular formula is C15H17N3O3S. The van der Waals surface area contributed by atoms with E-state index in [0.717, 1.165) is 30.2 Å². The van der Waals surface area contributed by atoms with Crippen molar-refractivity contribution in [2.24, 2.45) is 0 Å². The highest BCUT2D eigenvalue weighted by atomic mass is 32.1. The van der Waals surface area contributed by atoms with Gasteiger partial charge in [0.1, 0.15) is 17.4 Å². The molecule has 1 aromatic carbocycles. The molecule has 0 spiro atoms. The van der Waals surface area contributed by atoms with Gasteiger partial charge in [-0.05, 0) is 44.0 Å². The molecule has 0 saturated carbocycles. The third kappa shape index (κ3) is 3.80. The van der Waals surface area contributed by atoms with Gasteiger partial charge in [0, 0.05) is 12.2 Å². The number of benzene rings is 1. The van der Waals surface area contributed by atoms with Crippen molar-refractivity contribution in [1.29, 1.82) is 0 Å². The van der Waals surface area contributed by atoms with Crippen molar-refractivity contribution in [3.8, 4) is 5.75 Å². The van der Waals surface area contributed by atoms with Crippen LogP contribution in [-0.2, 0) is 4.74 Å². The van der Waals surface area contributed by atoms with E-state index >= 15 is 0 Å². The number of hydrogen-bond acceptors (Lipinski definition) is 6. The summed E-state index contributed by atoms with van der Waals surface area (Å²) in [7, 11) is 0. The molecule has 2 aromatic rings. The summed E-state index contributed by atoms with van der Waals surface area (Å²) in [5.41, 5.74) is 0.553. The molecule has 0 aliphatic carbocycles. The van der Waals surface area contributed by atoms with E-state index in [2.05, 4.69) is 15.5 Å². The van der Waals surface area contributed by atoms with Crippen LogP contribution in [0, 0.1) is 6.92 Å². The van der Waals surface area contributed by atoms with Gasteiger partial charge in [-0.1, -0.05) is 11.3 Å². The van der Waals surface area contributed by atoms with Crippen molar-refractivity contribution in [3.63, 3.8) is 0 Å². The van der Waals surface area contributed by atoms with Crippen molar-refractivity contribution >= 4 is 22.4 Å². The van der Waals surface area contributed by atoms with E-state index < -0.39 is 0 Å². The molecule has 1 saturated heterocycles. The van der Waals surface area contributed by atoms with Crippen LogP contribution in [0.15, 0.2) is 24.3 Å². The predicted molar refractivity (Wildman–Crippen MR) is 83.5 cm³/mol. The number of nitrogens with zero attached hydrogens (tertiary/aromatic N) is 2. The van der Waals surface area contributed by atoms with E-state index in [1.807, 2.05) is 6.92 Å². The van der Waals surface area contributed by atoms with E-state index in [0.29, 0.717) is 17.3 Å². The third-order valence-electron chi connectivity index (χ3n) is 3.32. The van der Waals surface area contributed by atoms with Gasteiger partial charge in [0.05, 0.1) is 6.10 Å². The second-order valence-electron chi connectivity index (χ2n) is 5.05. The topological polar surface area (TPSA) is 73.3 Å². The molecular weight excluding hydrogens is 302 g/mol. The Kier molecular flexibility index (Phi) is 4.65. The second-order valence-corrected chi connectivity index (χ2v) is 6.23. The first-order valence-corrected chi connectivity index (χ1v) is 7.98. The lowest BCUT2D eigenvalue weighted by Crippen LogP contribution is -2.16. The average Bonchev–Trinajstić information content (AvgIpc) is 3.17. The third-order valence-corrected chi connectivity index (χ3v) is 4.08. The van der Waals surface area contributed by atoms with E-state index in [1.165, 1.54) is 11.3 Å². The van der Waals surface area contributed by atoms with Gasteiger partial charge in [0.15, 0.2) is 0 Å². The van der Waals surface area contributed by atoms with Crippen LogP contribution in [0.2, 0.25) is 0 Å². The summed E-state index contributed by atoms with van der Waals surface area (Å²) in [4.78, 5) is 12.1. The quantitative estimate of drug-likeness (QED) is 0.917. The summed E-state index contributed by atoms with van der Waals surface area (Å²) in [6, 6.07) is 7.03. The first-order valence-electron chi connectivity index (χ1n) is 7.16. The highest BCUT2D eigenvalue weighted by Gasteiger charge is 2.16. The number of aromatic nitrogens is 2. The molecule has 1 aliphatic heterocycles. The van der Waals surface area contributed by atoms with Crippen LogP contribution in [0.5, 0.6) is 5.75 Å². The molecule has 7 heteroatoms. The van der Waals surface area contributed by atoms with Crippen LogP contribution in [0.25, 0.3) is 0 Å². The molecule has 0 unspecified atom stereocenters. The maximum Gasteiger partial charge on any atom is 0.257 e. The summed E-state index contributed by atoms with van der Waals surface area (Å²) >= 11 is 1.34. The number of aryl methyl sites for hydroxylation is 1. The molecule has 6 nitrogen and oxygen atoms in total. The van der Waals surface area contributed by atoms with Gasteiger partial charge in [0.25, 0.3) is 5.91 Å². The Morgan fingerprint density at radius 3 is 2.86 bits per heavy atom. The standard InChI is InChI=1S/C15H17N3O3S/c1-10-17-18-15(22-10)16-14(19)11-4-6-12(7-5-11)21-9-13-3-2-8-20-13/h4-7,13H,2-3,8-9H2,1H3,(H,16,18,19)/t13-/m0/s1. The van der Waals surface area contributed by atoms with Gasteiger partial charge >= 0.3 is 0 Å². The Hall–Kier alpha value is -1.99. The first kappa shape index (κ1) is 14.9. The van der Waals surface area contributed by atoms with Gasteiger partial charge in [0.2, 0.25) is 5.13 Å². The van der Waals surface area contributed by atoms with Gasteiger partial charge in [-0.3, -0.25) is 10.1 Å². The highest BCUT2D eigenvalue weighted by Crippen LogP contribution is 2.18. The maximum atomic E-state index is 12.1. The lowest BCUT2D eigenvalue weighted by molar-refractivity contribution is 0.0679. The van der Waals surface area contributed by atoms with Crippen molar-refractivity contribution in [2.45, 2.75) is 25.9 Å². The van der Waals surface area contributed by atoms with Crippen molar-refractivity contribution in [3.05, 3.63) is 34.8 Å². The normalized spacial score (nSPS) is 17.4. The van der Waals surface area contributed by atoms with Gasteiger partial charge in [-0.15, -0.1) is 10.2 Å². The number of rotatable bonds is 5. The largest absolute Gasteiger partial charge is 0.491 e. The zero-order valence-electron chi connectivity index (χ0n) is 12.2. The fraction of sp³-hybridized carbons (Fsp3) is 0.400. The predicted octanol–water partition coefficient (Wildman–Crippen LogP) is 2.66. The van der Waals surface area contributed by atoms with Crippen LogP contribution in [-0.4, -0.2) is 35.4 Å². The molecule has 1 aromatic heterocycles. The van der Waals surface area contributed by atoms with Gasteiger partial charge in [-0.25, -0.2) is 0 Å². The molecule has 1 fully saturated rings. The number of amides is 1. The summed E-state index contributed by atoms with van der Waals surface area (Å²) in [5, 5.41) is 11.8. The molecule has 2 heterocycles. The summed E-state index contributed by atoms with van der Waals surface area (Å²) < 4.78 is 11.2. The SMILES string of the molecule is Cc1nnc(NC(=O)c2ccc(OC[C@@H]3CCCO3)cc2)s1. The van der Waals surface area contributed by atoms with Crippen molar-refractivity contribution < 1.29 is 14.3 Å². The van der Waals surface area contributed by atoms with Gasteiger partial charge < -0.3 is 9.47 Å². The maximum absolute atomic E-state index is 12.1. The molecule has 1 N–H and O–H groups in total. The number of nitrogens with one attached hydrogen (secondary N) is 1. The molecule has 1 atom stereocenters. The molecule has 116 valence electrons. The van der Waals surface area contributed by atoms with Crippen LogP contribution >= 0.6 is 11.3 Å². The monoisotopic (exact) mass is 319 g/mol. The zero-order chi connectivity index (χ0) is 15.4. The number of carbonyl (C=O) groups is 1. The van der Waals surface area contributed by atoms with E-state index in [-0.39, 0.29) is 12.0 Å². The minimum Gasteiger partial charge on any atom is -0.491 e. The molecule has 3 rings (SSSR count). The average molecular weight is 319 g/mol. The van der Waals surface area contributed by atoms with E-state index in [9.17, 15) is 4.79 Å². The summed E-state index contributed by atoms with van der Waals surface area (Å²) in [6.45, 7) is 3.21. The molecule has 22 heavy (non-hydrogen) atoms. The molecule has 0 radical (unpaired) electrons. The summed E-state index contributed by atoms with van der Waals surface area (Å²) in [5.74, 6) is 0.528. The van der Waals surface area contributed by atoms with Gasteiger partial charge in [-0.2, -0.15) is 0 Å². The Bertz CT molecular complexity index is 636. The minimum atomic E-state index is -0.207. The summed E-state index contributed by atoms with van der Waals surface area (Å²) in [6.07, 6.45) is 2.32. The zero-order valence-corrected chi connectivity index (χ0v) is 13.1. The van der Waals surface area contributed by atoms with E-state index in [4.69, 9.17) is 9.47 Å². The Labute approximate surface area is 132 Å². The second kappa shape index (κ2) is 6.85. The van der Waals surface area contributed by atoms with Crippen LogP contribution in [0.3, 0.4) is 0 Å². The van der Waals surface area contributed by atoms with Crippen molar-refractivity contribution in [1.82, 2.24) is 10.2 Å². The lowest BCUT2D eigenvalue weighted by atomic mass is 10.2. The van der Waals surface area contributed by atoms with Crippen molar-refractivity contribution in [2.75, 3.05) is 18.5 Å². The van der Waals surface area contributed by atoms with Crippen LogP contribution in [0.1, 0.15) is 28.2 Å². The smallest absolute Gasteiger partial charge is 0.257 e. The first-order chi connectivity index (χ1) is 10.7. The van der Waals surface area contributed by atoms with Crippen LogP contribution in [0.4, 0.5) is 5.13 Å².